The zero-order valence-electron chi connectivity index (χ0n) is 8.02. The largest absolute Gasteiger partial charge is 0.478 e. The first-order valence-electron chi connectivity index (χ1n) is 4.82. The molecule has 0 saturated heterocycles. The molecule has 1 fully saturated rings. The second kappa shape index (κ2) is 3.88. The van der Waals surface area contributed by atoms with Crippen molar-refractivity contribution in [1.29, 1.82) is 0 Å². The zero-order valence-corrected chi connectivity index (χ0v) is 8.02. The number of rotatable bonds is 4. The molecule has 0 aliphatic heterocycles. The van der Waals surface area contributed by atoms with E-state index in [9.17, 15) is 9.18 Å². The number of carboxylic acid groups (broad SMARTS) is 1. The van der Waals surface area contributed by atoms with Gasteiger partial charge >= 0.3 is 5.97 Å². The first-order valence-corrected chi connectivity index (χ1v) is 4.82. The van der Waals surface area contributed by atoms with E-state index in [2.05, 4.69) is 0 Å². The van der Waals surface area contributed by atoms with Crippen molar-refractivity contribution >= 4 is 5.97 Å². The lowest BCUT2D eigenvalue weighted by Crippen LogP contribution is -2.29. The van der Waals surface area contributed by atoms with E-state index in [0.29, 0.717) is 5.75 Å². The lowest BCUT2D eigenvalue weighted by molar-refractivity contribution is -0.146. The minimum Gasteiger partial charge on any atom is -0.478 e. The fourth-order valence-corrected chi connectivity index (χ4v) is 1.41. The number of aliphatic carboxylic acids is 1. The van der Waals surface area contributed by atoms with Crippen LogP contribution < -0.4 is 4.74 Å². The molecule has 0 spiro atoms. The van der Waals surface area contributed by atoms with Crippen LogP contribution in [0.5, 0.6) is 5.75 Å². The van der Waals surface area contributed by atoms with E-state index < -0.39 is 12.1 Å². The van der Waals surface area contributed by atoms with Gasteiger partial charge in [0.15, 0.2) is 6.10 Å². The van der Waals surface area contributed by atoms with Crippen LogP contribution in [0, 0.1) is 11.7 Å². The number of hydrogen-bond acceptors (Lipinski definition) is 2. The van der Waals surface area contributed by atoms with Crippen LogP contribution >= 0.6 is 0 Å². The van der Waals surface area contributed by atoms with Crippen molar-refractivity contribution in [2.24, 2.45) is 5.92 Å². The van der Waals surface area contributed by atoms with E-state index in [0.717, 1.165) is 12.8 Å². The van der Waals surface area contributed by atoms with E-state index in [1.54, 1.807) is 0 Å². The Morgan fingerprint density at radius 1 is 1.40 bits per heavy atom. The van der Waals surface area contributed by atoms with Crippen molar-refractivity contribution in [3.05, 3.63) is 30.1 Å². The van der Waals surface area contributed by atoms with Crippen molar-refractivity contribution in [3.8, 4) is 5.75 Å². The standard InChI is InChI=1S/C11H11FO3/c12-8-3-5-9(6-4-8)15-10(11(13)14)7-1-2-7/h3-7,10H,1-2H2,(H,13,14). The Hall–Kier alpha value is -1.58. The van der Waals surface area contributed by atoms with Gasteiger partial charge in [-0.05, 0) is 37.1 Å². The number of benzene rings is 1. The third-order valence-electron chi connectivity index (χ3n) is 2.37. The van der Waals surface area contributed by atoms with Gasteiger partial charge in [0.2, 0.25) is 0 Å². The molecule has 4 heteroatoms. The van der Waals surface area contributed by atoms with Gasteiger partial charge in [0.05, 0.1) is 0 Å². The van der Waals surface area contributed by atoms with Gasteiger partial charge in [-0.15, -0.1) is 0 Å². The molecule has 80 valence electrons. The van der Waals surface area contributed by atoms with Gasteiger partial charge in [-0.1, -0.05) is 0 Å². The Morgan fingerprint density at radius 2 is 2.00 bits per heavy atom. The highest BCUT2D eigenvalue weighted by molar-refractivity contribution is 5.73. The number of carbonyl (C=O) groups is 1. The van der Waals surface area contributed by atoms with Crippen molar-refractivity contribution < 1.29 is 19.0 Å². The Morgan fingerprint density at radius 3 is 2.47 bits per heavy atom. The molecule has 0 radical (unpaired) electrons. The topological polar surface area (TPSA) is 46.5 Å². The first-order chi connectivity index (χ1) is 7.16. The zero-order chi connectivity index (χ0) is 10.8. The third-order valence-corrected chi connectivity index (χ3v) is 2.37. The summed E-state index contributed by atoms with van der Waals surface area (Å²) in [5, 5.41) is 8.90. The van der Waals surface area contributed by atoms with Crippen LogP contribution in [-0.2, 0) is 4.79 Å². The summed E-state index contributed by atoms with van der Waals surface area (Å²) in [7, 11) is 0. The second-order valence-electron chi connectivity index (χ2n) is 3.67. The maximum atomic E-state index is 12.6. The quantitative estimate of drug-likeness (QED) is 0.827. The van der Waals surface area contributed by atoms with Gasteiger partial charge in [0.25, 0.3) is 0 Å². The summed E-state index contributed by atoms with van der Waals surface area (Å²) in [4.78, 5) is 10.9. The predicted molar refractivity (Wildman–Crippen MR) is 51.2 cm³/mol. The highest BCUT2D eigenvalue weighted by Gasteiger charge is 2.38. The van der Waals surface area contributed by atoms with Gasteiger partial charge in [-0.2, -0.15) is 0 Å². The molecule has 0 amide bonds. The van der Waals surface area contributed by atoms with Crippen LogP contribution in [0.3, 0.4) is 0 Å². The summed E-state index contributed by atoms with van der Waals surface area (Å²) in [6.07, 6.45) is 0.978. The van der Waals surface area contributed by atoms with Crippen LogP contribution in [0.1, 0.15) is 12.8 Å². The molecule has 1 unspecified atom stereocenters. The molecule has 1 aliphatic carbocycles. The smallest absolute Gasteiger partial charge is 0.345 e. The number of carboxylic acids is 1. The van der Waals surface area contributed by atoms with Gasteiger partial charge < -0.3 is 9.84 Å². The molecule has 1 aliphatic rings. The van der Waals surface area contributed by atoms with Crippen LogP contribution in [0.4, 0.5) is 4.39 Å². The van der Waals surface area contributed by atoms with E-state index in [4.69, 9.17) is 9.84 Å². The van der Waals surface area contributed by atoms with Gasteiger partial charge in [-0.25, -0.2) is 9.18 Å². The maximum absolute atomic E-state index is 12.6. The molecule has 2 rings (SSSR count). The number of ether oxygens (including phenoxy) is 1. The molecular formula is C11H11FO3. The van der Waals surface area contributed by atoms with Crippen molar-refractivity contribution in [2.45, 2.75) is 18.9 Å². The summed E-state index contributed by atoms with van der Waals surface area (Å²) in [5.74, 6) is -0.814. The first kappa shape index (κ1) is 9.96. The predicted octanol–water partition coefficient (Wildman–Crippen LogP) is 2.07. The molecule has 0 heterocycles. The van der Waals surface area contributed by atoms with Gasteiger partial charge in [-0.3, -0.25) is 0 Å². The average Bonchev–Trinajstić information content (AvgIpc) is 3.00. The lowest BCUT2D eigenvalue weighted by Gasteiger charge is -2.13. The monoisotopic (exact) mass is 210 g/mol. The molecule has 15 heavy (non-hydrogen) atoms. The summed E-state index contributed by atoms with van der Waals surface area (Å²) in [6, 6.07) is 5.38. The summed E-state index contributed by atoms with van der Waals surface area (Å²) < 4.78 is 17.9. The van der Waals surface area contributed by atoms with E-state index in [-0.39, 0.29) is 11.7 Å². The molecule has 0 bridgehead atoms. The lowest BCUT2D eigenvalue weighted by atomic mass is 10.2. The van der Waals surface area contributed by atoms with Gasteiger partial charge in [0, 0.05) is 5.92 Å². The fourth-order valence-electron chi connectivity index (χ4n) is 1.41. The highest BCUT2D eigenvalue weighted by Crippen LogP contribution is 2.35. The molecule has 1 saturated carbocycles. The normalized spacial score (nSPS) is 17.1. The SMILES string of the molecule is O=C(O)C(Oc1ccc(F)cc1)C1CC1. The Labute approximate surface area is 86.5 Å². The summed E-state index contributed by atoms with van der Waals surface area (Å²) >= 11 is 0. The minimum absolute atomic E-state index is 0.104. The number of halogens is 1. The molecule has 1 atom stereocenters. The maximum Gasteiger partial charge on any atom is 0.345 e. The van der Waals surface area contributed by atoms with E-state index in [1.165, 1.54) is 24.3 Å². The van der Waals surface area contributed by atoms with Crippen molar-refractivity contribution in [1.82, 2.24) is 0 Å². The average molecular weight is 210 g/mol. The third kappa shape index (κ3) is 2.46. The molecule has 3 nitrogen and oxygen atoms in total. The highest BCUT2D eigenvalue weighted by atomic mass is 19.1. The van der Waals surface area contributed by atoms with E-state index in [1.807, 2.05) is 0 Å². The summed E-state index contributed by atoms with van der Waals surface area (Å²) in [6.45, 7) is 0. The number of hydrogen-bond donors (Lipinski definition) is 1. The summed E-state index contributed by atoms with van der Waals surface area (Å²) in [5.41, 5.74) is 0. The van der Waals surface area contributed by atoms with Crippen molar-refractivity contribution in [3.63, 3.8) is 0 Å². The van der Waals surface area contributed by atoms with Crippen LogP contribution in [0.25, 0.3) is 0 Å². The molecule has 1 aromatic rings. The van der Waals surface area contributed by atoms with Crippen LogP contribution in [0.15, 0.2) is 24.3 Å². The molecule has 1 aromatic carbocycles. The molecule has 0 aromatic heterocycles. The Kier molecular flexibility index (Phi) is 2.58. The Bertz CT molecular complexity index is 357. The minimum atomic E-state index is -0.957. The fraction of sp³-hybridized carbons (Fsp3) is 0.364. The molecular weight excluding hydrogens is 199 g/mol. The Balaban J connectivity index is 2.05. The van der Waals surface area contributed by atoms with Crippen LogP contribution in [-0.4, -0.2) is 17.2 Å². The van der Waals surface area contributed by atoms with Crippen LogP contribution in [0.2, 0.25) is 0 Å². The molecule has 1 N–H and O–H groups in total. The van der Waals surface area contributed by atoms with Gasteiger partial charge in [0.1, 0.15) is 11.6 Å². The van der Waals surface area contributed by atoms with E-state index >= 15 is 0 Å². The van der Waals surface area contributed by atoms with Crippen molar-refractivity contribution in [2.75, 3.05) is 0 Å². The second-order valence-corrected chi connectivity index (χ2v) is 3.67.